The second-order valence-electron chi connectivity index (χ2n) is 3.54. The second kappa shape index (κ2) is 6.12. The first-order valence-corrected chi connectivity index (χ1v) is 5.93. The minimum absolute atomic E-state index is 0. The molecule has 0 saturated heterocycles. The molecule has 0 aliphatic carbocycles. The van der Waals surface area contributed by atoms with Crippen LogP contribution in [0.1, 0.15) is 24.2 Å². The van der Waals surface area contributed by atoms with Crippen LogP contribution in [0.25, 0.3) is 10.2 Å². The summed E-state index contributed by atoms with van der Waals surface area (Å²) in [7, 11) is 0. The van der Waals surface area contributed by atoms with E-state index >= 15 is 0 Å². The van der Waals surface area contributed by atoms with Crippen LogP contribution < -0.4 is 5.32 Å². The summed E-state index contributed by atoms with van der Waals surface area (Å²) < 4.78 is 0.890. The van der Waals surface area contributed by atoms with Gasteiger partial charge in [-0.05, 0) is 0 Å². The Bertz CT molecular complexity index is 595. The van der Waals surface area contributed by atoms with Crippen molar-refractivity contribution in [2.75, 3.05) is 5.32 Å². The maximum absolute atomic E-state index is 11.5. The SMILES string of the molecule is C[CH-]C(=O)c1ccc2nc(NC(C)=O)sc2c1.[W+2]. The molecule has 0 unspecified atom stereocenters. The predicted octanol–water partition coefficient (Wildman–Crippen LogP) is 2.66. The molecule has 0 radical (unpaired) electrons. The summed E-state index contributed by atoms with van der Waals surface area (Å²) in [6.07, 6.45) is 1.52. The van der Waals surface area contributed by atoms with Crippen molar-refractivity contribution in [3.63, 3.8) is 0 Å². The molecule has 0 fully saturated rings. The standard InChI is InChI=1S/C12H11N2O2S.W/c1-3-10(16)8-4-5-9-11(6-8)17-12(14-9)13-7(2)15;/h3-6H,1-2H3,(H,13,14,15);/q-1;+2. The molecular formula is C12H11N2O2SW+. The number of carbonyl (C=O) groups excluding carboxylic acids is 2. The van der Waals surface area contributed by atoms with E-state index in [9.17, 15) is 9.59 Å². The maximum atomic E-state index is 11.5. The van der Waals surface area contributed by atoms with Crippen molar-refractivity contribution in [1.29, 1.82) is 0 Å². The number of fused-ring (bicyclic) bond motifs is 1. The van der Waals surface area contributed by atoms with E-state index in [-0.39, 0.29) is 32.8 Å². The van der Waals surface area contributed by atoms with Gasteiger partial charge in [0.25, 0.3) is 0 Å². The molecule has 1 amide bonds. The van der Waals surface area contributed by atoms with Gasteiger partial charge < -0.3 is 10.1 Å². The number of Topliss-reactive ketones (excluding diaryl/α,β-unsaturated/α-hetero) is 1. The van der Waals surface area contributed by atoms with Gasteiger partial charge in [-0.1, -0.05) is 17.4 Å². The fraction of sp³-hybridized carbons (Fsp3) is 0.167. The van der Waals surface area contributed by atoms with Crippen molar-refractivity contribution in [2.24, 2.45) is 0 Å². The van der Waals surface area contributed by atoms with Gasteiger partial charge in [-0.25, -0.2) is 4.98 Å². The first-order valence-electron chi connectivity index (χ1n) is 5.12. The molecular weight excluding hydrogens is 420 g/mol. The summed E-state index contributed by atoms with van der Waals surface area (Å²) in [5, 5.41) is 3.19. The zero-order valence-electron chi connectivity index (χ0n) is 9.89. The third-order valence-corrected chi connectivity index (χ3v) is 3.15. The number of ketones is 1. The maximum Gasteiger partial charge on any atom is 2.00 e. The second-order valence-corrected chi connectivity index (χ2v) is 4.57. The normalized spacial score (nSPS) is 9.67. The Morgan fingerprint density at radius 1 is 1.39 bits per heavy atom. The minimum atomic E-state index is -0.151. The Morgan fingerprint density at radius 2 is 2.11 bits per heavy atom. The van der Waals surface area contributed by atoms with Crippen LogP contribution in [0.3, 0.4) is 0 Å². The molecule has 0 saturated carbocycles. The zero-order valence-corrected chi connectivity index (χ0v) is 13.6. The van der Waals surface area contributed by atoms with Crippen LogP contribution in [0.4, 0.5) is 5.13 Å². The molecule has 1 aromatic heterocycles. The van der Waals surface area contributed by atoms with E-state index in [1.807, 2.05) is 0 Å². The van der Waals surface area contributed by atoms with E-state index in [1.165, 1.54) is 24.7 Å². The number of benzene rings is 1. The molecule has 2 aromatic rings. The molecule has 0 bridgehead atoms. The van der Waals surface area contributed by atoms with Gasteiger partial charge in [-0.3, -0.25) is 4.79 Å². The largest absolute Gasteiger partial charge is 2.00 e. The molecule has 0 spiro atoms. The van der Waals surface area contributed by atoms with Crippen LogP contribution in [0.15, 0.2) is 18.2 Å². The van der Waals surface area contributed by atoms with Gasteiger partial charge in [0.15, 0.2) is 5.13 Å². The third kappa shape index (κ3) is 3.18. The minimum Gasteiger partial charge on any atom is -0.332 e. The number of hydrogen-bond acceptors (Lipinski definition) is 4. The van der Waals surface area contributed by atoms with E-state index in [0.717, 1.165) is 10.2 Å². The smallest absolute Gasteiger partial charge is 0.332 e. The van der Waals surface area contributed by atoms with Crippen molar-refractivity contribution in [3.8, 4) is 0 Å². The fourth-order valence-electron chi connectivity index (χ4n) is 1.45. The number of anilines is 1. The third-order valence-electron chi connectivity index (χ3n) is 2.22. The van der Waals surface area contributed by atoms with Crippen LogP contribution >= 0.6 is 11.3 Å². The van der Waals surface area contributed by atoms with Gasteiger partial charge >= 0.3 is 21.1 Å². The van der Waals surface area contributed by atoms with Gasteiger partial charge in [0, 0.05) is 17.4 Å². The molecule has 18 heavy (non-hydrogen) atoms. The van der Waals surface area contributed by atoms with Crippen molar-refractivity contribution < 1.29 is 30.7 Å². The van der Waals surface area contributed by atoms with E-state index in [2.05, 4.69) is 10.3 Å². The molecule has 6 heteroatoms. The summed E-state index contributed by atoms with van der Waals surface area (Å²) in [6.45, 7) is 3.15. The van der Waals surface area contributed by atoms with Gasteiger partial charge in [0.1, 0.15) is 0 Å². The molecule has 1 heterocycles. The average molecular weight is 431 g/mol. The molecule has 1 N–H and O–H groups in total. The van der Waals surface area contributed by atoms with Crippen molar-refractivity contribution in [1.82, 2.24) is 4.98 Å². The van der Waals surface area contributed by atoms with Crippen molar-refractivity contribution in [2.45, 2.75) is 13.8 Å². The number of nitrogens with one attached hydrogen (secondary N) is 1. The molecule has 0 aliphatic rings. The summed E-state index contributed by atoms with van der Waals surface area (Å²) in [5.74, 6) is -0.163. The summed E-state index contributed by atoms with van der Waals surface area (Å²) in [4.78, 5) is 26.7. The first-order chi connectivity index (χ1) is 8.10. The Labute approximate surface area is 123 Å². The number of carbonyl (C=O) groups is 2. The van der Waals surface area contributed by atoms with Gasteiger partial charge in [0.05, 0.1) is 5.52 Å². The molecule has 0 aliphatic heterocycles. The number of aromatic nitrogens is 1. The Kier molecular flexibility index (Phi) is 5.05. The first kappa shape index (κ1) is 14.9. The Hall–Kier alpha value is -1.19. The Balaban J connectivity index is 0.00000162. The predicted molar refractivity (Wildman–Crippen MR) is 68.2 cm³/mol. The molecule has 92 valence electrons. The van der Waals surface area contributed by atoms with Crippen LogP contribution in [-0.4, -0.2) is 16.7 Å². The van der Waals surface area contributed by atoms with Crippen LogP contribution in [0, 0.1) is 6.42 Å². The van der Waals surface area contributed by atoms with E-state index in [0.29, 0.717) is 10.7 Å². The van der Waals surface area contributed by atoms with Crippen LogP contribution in [0.2, 0.25) is 0 Å². The number of amides is 1. The van der Waals surface area contributed by atoms with Crippen LogP contribution in [-0.2, 0) is 25.9 Å². The Morgan fingerprint density at radius 3 is 2.72 bits per heavy atom. The van der Waals surface area contributed by atoms with Gasteiger partial charge in [-0.15, -0.1) is 24.6 Å². The van der Waals surface area contributed by atoms with Crippen LogP contribution in [0.5, 0.6) is 0 Å². The van der Waals surface area contributed by atoms with E-state index < -0.39 is 0 Å². The van der Waals surface area contributed by atoms with E-state index in [4.69, 9.17) is 0 Å². The van der Waals surface area contributed by atoms with Crippen molar-refractivity contribution >= 4 is 38.4 Å². The molecule has 4 nitrogen and oxygen atoms in total. The van der Waals surface area contributed by atoms with Gasteiger partial charge in [-0.2, -0.15) is 6.42 Å². The number of rotatable bonds is 3. The average Bonchev–Trinajstić information content (AvgIpc) is 2.67. The molecule has 1 aromatic carbocycles. The summed E-state index contributed by atoms with van der Waals surface area (Å²) in [6, 6.07) is 5.32. The monoisotopic (exact) mass is 431 g/mol. The quantitative estimate of drug-likeness (QED) is 0.601. The topological polar surface area (TPSA) is 59.1 Å². The number of thiazole rings is 1. The molecule has 2 rings (SSSR count). The number of hydrogen-bond donors (Lipinski definition) is 1. The number of nitrogens with zero attached hydrogens (tertiary/aromatic N) is 1. The molecule has 0 atom stereocenters. The van der Waals surface area contributed by atoms with Gasteiger partial charge in [0.2, 0.25) is 5.91 Å². The summed E-state index contributed by atoms with van der Waals surface area (Å²) >= 11 is 1.36. The van der Waals surface area contributed by atoms with Crippen molar-refractivity contribution in [3.05, 3.63) is 30.2 Å². The fourth-order valence-corrected chi connectivity index (χ4v) is 2.40. The van der Waals surface area contributed by atoms with E-state index in [1.54, 1.807) is 25.1 Å². The summed E-state index contributed by atoms with van der Waals surface area (Å²) in [5.41, 5.74) is 1.42. The zero-order chi connectivity index (χ0) is 12.4.